The number of benzene rings is 2. The van der Waals surface area contributed by atoms with E-state index in [9.17, 15) is 0 Å². The first-order valence-corrected chi connectivity index (χ1v) is 9.55. The van der Waals surface area contributed by atoms with Crippen LogP contribution in [0, 0.1) is 0 Å². The molecule has 0 saturated carbocycles. The second-order valence-corrected chi connectivity index (χ2v) is 7.64. The van der Waals surface area contributed by atoms with E-state index < -0.39 is 0 Å². The van der Waals surface area contributed by atoms with Crippen molar-refractivity contribution in [3.8, 4) is 22.4 Å². The Morgan fingerprint density at radius 3 is 2.22 bits per heavy atom. The van der Waals surface area contributed by atoms with E-state index in [1.54, 1.807) is 0 Å². The highest BCUT2D eigenvalue weighted by Gasteiger charge is 2.14. The standard InChI is InChI=1S/C21H16BrClN4/c1-27(2)16-9-5-13(6-10-16)17-11-18(14-3-7-15(22)8-4-14)26-21-19(17)20(23)24-12-25-21/h3-12H,1-2H3. The van der Waals surface area contributed by atoms with Crippen LogP contribution in [0.4, 0.5) is 5.69 Å². The third kappa shape index (κ3) is 3.53. The van der Waals surface area contributed by atoms with Gasteiger partial charge in [0.2, 0.25) is 0 Å². The minimum absolute atomic E-state index is 0.404. The van der Waals surface area contributed by atoms with Gasteiger partial charge in [0.15, 0.2) is 5.65 Å². The molecular weight excluding hydrogens is 424 g/mol. The van der Waals surface area contributed by atoms with Crippen molar-refractivity contribution in [2.75, 3.05) is 19.0 Å². The van der Waals surface area contributed by atoms with E-state index in [4.69, 9.17) is 16.6 Å². The molecule has 6 heteroatoms. The Hall–Kier alpha value is -2.50. The molecule has 2 aromatic heterocycles. The summed E-state index contributed by atoms with van der Waals surface area (Å²) in [7, 11) is 4.04. The molecule has 2 heterocycles. The summed E-state index contributed by atoms with van der Waals surface area (Å²) in [6.45, 7) is 0. The average Bonchev–Trinajstić information content (AvgIpc) is 2.68. The van der Waals surface area contributed by atoms with Crippen LogP contribution in [0.25, 0.3) is 33.4 Å². The Balaban J connectivity index is 1.95. The number of rotatable bonds is 3. The fraction of sp³-hybridized carbons (Fsp3) is 0.0952. The number of aromatic nitrogens is 3. The van der Waals surface area contributed by atoms with Crippen LogP contribution in [0.15, 0.2) is 65.4 Å². The van der Waals surface area contributed by atoms with Crippen molar-refractivity contribution in [2.45, 2.75) is 0 Å². The van der Waals surface area contributed by atoms with Crippen molar-refractivity contribution in [1.29, 1.82) is 0 Å². The van der Waals surface area contributed by atoms with Gasteiger partial charge in [-0.25, -0.2) is 15.0 Å². The summed E-state index contributed by atoms with van der Waals surface area (Å²) in [4.78, 5) is 15.3. The maximum atomic E-state index is 6.41. The van der Waals surface area contributed by atoms with E-state index in [0.717, 1.165) is 37.9 Å². The summed E-state index contributed by atoms with van der Waals surface area (Å²) < 4.78 is 1.02. The first-order chi connectivity index (χ1) is 13.0. The van der Waals surface area contributed by atoms with Crippen LogP contribution >= 0.6 is 27.5 Å². The van der Waals surface area contributed by atoms with E-state index >= 15 is 0 Å². The summed E-state index contributed by atoms with van der Waals surface area (Å²) in [6.07, 6.45) is 1.45. The van der Waals surface area contributed by atoms with E-state index in [0.29, 0.717) is 10.8 Å². The quantitative estimate of drug-likeness (QED) is 0.376. The van der Waals surface area contributed by atoms with Gasteiger partial charge in [0.25, 0.3) is 0 Å². The Kier molecular flexibility index (Phi) is 4.81. The van der Waals surface area contributed by atoms with Crippen LogP contribution < -0.4 is 4.90 Å². The fourth-order valence-corrected chi connectivity index (χ4v) is 3.46. The van der Waals surface area contributed by atoms with Crippen molar-refractivity contribution in [3.63, 3.8) is 0 Å². The smallest absolute Gasteiger partial charge is 0.165 e. The monoisotopic (exact) mass is 438 g/mol. The zero-order valence-electron chi connectivity index (χ0n) is 14.8. The molecule has 4 rings (SSSR count). The molecule has 0 aliphatic heterocycles. The molecule has 0 unspecified atom stereocenters. The van der Waals surface area contributed by atoms with Gasteiger partial charge < -0.3 is 4.90 Å². The first kappa shape index (κ1) is 17.9. The summed E-state index contributed by atoms with van der Waals surface area (Å²) in [5.74, 6) is 0. The molecule has 2 aromatic carbocycles. The average molecular weight is 440 g/mol. The number of hydrogen-bond acceptors (Lipinski definition) is 4. The minimum Gasteiger partial charge on any atom is -0.378 e. The second-order valence-electron chi connectivity index (χ2n) is 6.37. The molecule has 0 saturated heterocycles. The molecule has 0 fully saturated rings. The van der Waals surface area contributed by atoms with Gasteiger partial charge in [-0.2, -0.15) is 0 Å². The van der Waals surface area contributed by atoms with Gasteiger partial charge in [0.05, 0.1) is 11.1 Å². The molecule has 134 valence electrons. The number of halogens is 2. The first-order valence-electron chi connectivity index (χ1n) is 8.38. The van der Waals surface area contributed by atoms with Gasteiger partial charge >= 0.3 is 0 Å². The van der Waals surface area contributed by atoms with E-state index in [2.05, 4.69) is 55.1 Å². The molecular formula is C21H16BrClN4. The number of hydrogen-bond donors (Lipinski definition) is 0. The minimum atomic E-state index is 0.404. The molecule has 0 bridgehead atoms. The van der Waals surface area contributed by atoms with Gasteiger partial charge in [-0.05, 0) is 41.5 Å². The maximum absolute atomic E-state index is 6.41. The lowest BCUT2D eigenvalue weighted by molar-refractivity contribution is 1.13. The zero-order chi connectivity index (χ0) is 19.0. The molecule has 0 aliphatic rings. The van der Waals surface area contributed by atoms with Crippen molar-refractivity contribution in [1.82, 2.24) is 15.0 Å². The van der Waals surface area contributed by atoms with Crippen molar-refractivity contribution < 1.29 is 0 Å². The lowest BCUT2D eigenvalue weighted by Crippen LogP contribution is -2.07. The van der Waals surface area contributed by atoms with E-state index in [1.807, 2.05) is 44.4 Å². The van der Waals surface area contributed by atoms with Crippen LogP contribution in [-0.2, 0) is 0 Å². The number of anilines is 1. The van der Waals surface area contributed by atoms with Crippen molar-refractivity contribution >= 4 is 44.3 Å². The predicted octanol–water partition coefficient (Wildman–Crippen LogP) is 5.84. The number of pyridine rings is 1. The second kappa shape index (κ2) is 7.25. The summed E-state index contributed by atoms with van der Waals surface area (Å²) >= 11 is 9.88. The van der Waals surface area contributed by atoms with E-state index in [-0.39, 0.29) is 0 Å². The summed E-state index contributed by atoms with van der Waals surface area (Å²) in [5.41, 5.74) is 5.59. The molecule has 0 N–H and O–H groups in total. The Bertz CT molecular complexity index is 1110. The van der Waals surface area contributed by atoms with Gasteiger partial charge in [0.1, 0.15) is 11.5 Å². The fourth-order valence-electron chi connectivity index (χ4n) is 2.96. The van der Waals surface area contributed by atoms with Crippen LogP contribution in [-0.4, -0.2) is 29.0 Å². The third-order valence-electron chi connectivity index (χ3n) is 4.39. The topological polar surface area (TPSA) is 41.9 Å². The molecule has 0 amide bonds. The molecule has 27 heavy (non-hydrogen) atoms. The van der Waals surface area contributed by atoms with Crippen LogP contribution in [0.1, 0.15) is 0 Å². The van der Waals surface area contributed by atoms with Gasteiger partial charge in [-0.1, -0.05) is 51.8 Å². The van der Waals surface area contributed by atoms with Crippen molar-refractivity contribution in [2.24, 2.45) is 0 Å². The van der Waals surface area contributed by atoms with Gasteiger partial charge in [-0.15, -0.1) is 0 Å². The zero-order valence-corrected chi connectivity index (χ0v) is 17.2. The van der Waals surface area contributed by atoms with Gasteiger partial charge in [-0.3, -0.25) is 0 Å². The highest BCUT2D eigenvalue weighted by molar-refractivity contribution is 9.10. The molecule has 4 nitrogen and oxygen atoms in total. The largest absolute Gasteiger partial charge is 0.378 e. The maximum Gasteiger partial charge on any atom is 0.165 e. The summed E-state index contributed by atoms with van der Waals surface area (Å²) in [6, 6.07) is 18.4. The molecule has 4 aromatic rings. The highest BCUT2D eigenvalue weighted by Crippen LogP contribution is 2.35. The molecule has 0 radical (unpaired) electrons. The normalized spacial score (nSPS) is 11.0. The number of nitrogens with zero attached hydrogens (tertiary/aromatic N) is 4. The van der Waals surface area contributed by atoms with Crippen molar-refractivity contribution in [3.05, 3.63) is 70.6 Å². The third-order valence-corrected chi connectivity index (χ3v) is 5.21. The van der Waals surface area contributed by atoms with Crippen LogP contribution in [0.2, 0.25) is 5.15 Å². The van der Waals surface area contributed by atoms with Crippen LogP contribution in [0.3, 0.4) is 0 Å². The van der Waals surface area contributed by atoms with Gasteiger partial charge in [0, 0.05) is 29.8 Å². The lowest BCUT2D eigenvalue weighted by Gasteiger charge is -2.14. The molecule has 0 atom stereocenters. The molecule has 0 aliphatic carbocycles. The van der Waals surface area contributed by atoms with E-state index in [1.165, 1.54) is 6.33 Å². The SMILES string of the molecule is CN(C)c1ccc(-c2cc(-c3ccc(Br)cc3)nc3ncnc(Cl)c23)cc1. The van der Waals surface area contributed by atoms with Crippen LogP contribution in [0.5, 0.6) is 0 Å². The highest BCUT2D eigenvalue weighted by atomic mass is 79.9. The lowest BCUT2D eigenvalue weighted by atomic mass is 10.00. The predicted molar refractivity (Wildman–Crippen MR) is 115 cm³/mol. The molecule has 0 spiro atoms. The number of fused-ring (bicyclic) bond motifs is 1. The Labute approximate surface area is 171 Å². The Morgan fingerprint density at radius 2 is 1.56 bits per heavy atom. The Morgan fingerprint density at radius 1 is 0.889 bits per heavy atom. The summed E-state index contributed by atoms with van der Waals surface area (Å²) in [5, 5.41) is 1.17.